The van der Waals surface area contributed by atoms with Gasteiger partial charge in [0.1, 0.15) is 10.6 Å². The summed E-state index contributed by atoms with van der Waals surface area (Å²) in [4.78, 5) is 0.214. The van der Waals surface area contributed by atoms with Crippen LogP contribution < -0.4 is 14.8 Å². The largest absolute Gasteiger partial charge is 0.495 e. The fourth-order valence-corrected chi connectivity index (χ4v) is 3.77. The molecule has 0 radical (unpaired) electrons. The van der Waals surface area contributed by atoms with Gasteiger partial charge in [-0.2, -0.15) is 0 Å². The number of rotatable bonds is 8. The highest BCUT2D eigenvalue weighted by Gasteiger charge is 2.22. The van der Waals surface area contributed by atoms with Gasteiger partial charge in [-0.05, 0) is 37.1 Å². The van der Waals surface area contributed by atoms with E-state index in [2.05, 4.69) is 10.0 Å². The number of hydrogen-bond acceptors (Lipinski definition) is 4. The van der Waals surface area contributed by atoms with E-state index in [0.29, 0.717) is 24.8 Å². The first-order valence-electron chi connectivity index (χ1n) is 7.38. The third-order valence-electron chi connectivity index (χ3n) is 3.97. The highest BCUT2D eigenvalue weighted by Crippen LogP contribution is 2.29. The van der Waals surface area contributed by atoms with Gasteiger partial charge in [0.25, 0.3) is 0 Å². The minimum absolute atomic E-state index is 0.214. The maximum Gasteiger partial charge on any atom is 0.244 e. The minimum Gasteiger partial charge on any atom is -0.495 e. The Balaban J connectivity index is 2.10. The summed E-state index contributed by atoms with van der Waals surface area (Å²) in [6.07, 6.45) is 4.64. The van der Waals surface area contributed by atoms with Gasteiger partial charge in [0.05, 0.1) is 7.11 Å². The molecule has 0 saturated heterocycles. The van der Waals surface area contributed by atoms with Gasteiger partial charge in [-0.3, -0.25) is 0 Å². The summed E-state index contributed by atoms with van der Waals surface area (Å²) >= 11 is 0. The number of sulfonamides is 1. The second-order valence-electron chi connectivity index (χ2n) is 5.50. The number of methoxy groups -OCH3 is 1. The van der Waals surface area contributed by atoms with Gasteiger partial charge in [0.15, 0.2) is 0 Å². The molecule has 0 spiro atoms. The first-order valence-corrected chi connectivity index (χ1v) is 8.86. The molecule has 0 amide bonds. The van der Waals surface area contributed by atoms with Crippen molar-refractivity contribution in [2.45, 2.75) is 37.1 Å². The van der Waals surface area contributed by atoms with Crippen molar-refractivity contribution in [1.82, 2.24) is 10.0 Å². The molecular weight excluding hydrogens is 288 g/mol. The molecule has 1 aromatic carbocycles. The first-order chi connectivity index (χ1) is 10.1. The molecule has 1 aromatic rings. The Morgan fingerprint density at radius 2 is 2.10 bits per heavy atom. The molecule has 0 aromatic heterocycles. The predicted molar refractivity (Wildman–Crippen MR) is 82.9 cm³/mol. The Morgan fingerprint density at radius 1 is 1.33 bits per heavy atom. The molecule has 0 bridgehead atoms. The Hall–Kier alpha value is -1.11. The van der Waals surface area contributed by atoms with Crippen LogP contribution in [0.25, 0.3) is 0 Å². The van der Waals surface area contributed by atoms with Crippen molar-refractivity contribution in [3.8, 4) is 5.75 Å². The SMILES string of the molecule is CNCc1ccc(OC)c(S(=O)(=O)NCCC2CCC2)c1. The molecule has 0 aliphatic heterocycles. The lowest BCUT2D eigenvalue weighted by Gasteiger charge is -2.25. The first kappa shape index (κ1) is 16.3. The fourth-order valence-electron chi connectivity index (χ4n) is 2.50. The van der Waals surface area contributed by atoms with Crippen LogP contribution in [0.5, 0.6) is 5.75 Å². The van der Waals surface area contributed by atoms with Crippen molar-refractivity contribution in [3.05, 3.63) is 23.8 Å². The second-order valence-corrected chi connectivity index (χ2v) is 7.23. The average molecular weight is 312 g/mol. The quantitative estimate of drug-likeness (QED) is 0.769. The summed E-state index contributed by atoms with van der Waals surface area (Å²) in [6, 6.07) is 5.23. The van der Waals surface area contributed by atoms with Crippen molar-refractivity contribution in [1.29, 1.82) is 0 Å². The third-order valence-corrected chi connectivity index (χ3v) is 5.45. The molecule has 118 valence electrons. The van der Waals surface area contributed by atoms with Crippen LogP contribution in [0.4, 0.5) is 0 Å². The molecule has 1 aliphatic rings. The van der Waals surface area contributed by atoms with Crippen LogP contribution in [0.1, 0.15) is 31.2 Å². The molecule has 2 rings (SSSR count). The highest BCUT2D eigenvalue weighted by molar-refractivity contribution is 7.89. The van der Waals surface area contributed by atoms with Crippen LogP contribution in [0, 0.1) is 5.92 Å². The molecule has 5 nitrogen and oxygen atoms in total. The summed E-state index contributed by atoms with van der Waals surface area (Å²) < 4.78 is 32.8. The molecule has 1 saturated carbocycles. The molecule has 0 heterocycles. The van der Waals surface area contributed by atoms with Crippen molar-refractivity contribution < 1.29 is 13.2 Å². The summed E-state index contributed by atoms with van der Waals surface area (Å²) in [6.45, 7) is 1.11. The number of hydrogen-bond donors (Lipinski definition) is 2. The van der Waals surface area contributed by atoms with Crippen LogP contribution in [-0.2, 0) is 16.6 Å². The number of ether oxygens (including phenoxy) is 1. The molecule has 0 atom stereocenters. The summed E-state index contributed by atoms with van der Waals surface area (Å²) in [5.41, 5.74) is 0.915. The average Bonchev–Trinajstić information content (AvgIpc) is 2.42. The van der Waals surface area contributed by atoms with E-state index in [-0.39, 0.29) is 4.90 Å². The van der Waals surface area contributed by atoms with E-state index < -0.39 is 10.0 Å². The fraction of sp³-hybridized carbons (Fsp3) is 0.600. The molecule has 21 heavy (non-hydrogen) atoms. The van der Waals surface area contributed by atoms with Gasteiger partial charge in [-0.15, -0.1) is 0 Å². The Morgan fingerprint density at radius 3 is 2.67 bits per heavy atom. The van der Waals surface area contributed by atoms with E-state index >= 15 is 0 Å². The van der Waals surface area contributed by atoms with E-state index in [4.69, 9.17) is 4.74 Å². The lowest BCUT2D eigenvalue weighted by Crippen LogP contribution is -2.28. The van der Waals surface area contributed by atoms with Crippen LogP contribution in [-0.4, -0.2) is 29.1 Å². The Bertz CT molecular complexity index is 568. The van der Waals surface area contributed by atoms with E-state index in [1.807, 2.05) is 13.1 Å². The van der Waals surface area contributed by atoms with Crippen LogP contribution in [0.3, 0.4) is 0 Å². The van der Waals surface area contributed by atoms with E-state index in [9.17, 15) is 8.42 Å². The van der Waals surface area contributed by atoms with Crippen LogP contribution in [0.15, 0.2) is 23.1 Å². The Kier molecular flexibility index (Phi) is 5.61. The zero-order chi connectivity index (χ0) is 15.3. The van der Waals surface area contributed by atoms with Crippen molar-refractivity contribution in [3.63, 3.8) is 0 Å². The van der Waals surface area contributed by atoms with Gasteiger partial charge in [0.2, 0.25) is 10.0 Å². The smallest absolute Gasteiger partial charge is 0.244 e. The highest BCUT2D eigenvalue weighted by atomic mass is 32.2. The van der Waals surface area contributed by atoms with Gasteiger partial charge in [-0.25, -0.2) is 13.1 Å². The zero-order valence-electron chi connectivity index (χ0n) is 12.7. The molecule has 6 heteroatoms. The van der Waals surface area contributed by atoms with Gasteiger partial charge in [-0.1, -0.05) is 25.3 Å². The minimum atomic E-state index is -3.53. The maximum absolute atomic E-state index is 12.4. The standard InChI is InChI=1S/C15H24N2O3S/c1-16-11-13-6-7-14(20-2)15(10-13)21(18,19)17-9-8-12-4-3-5-12/h6-7,10,12,16-17H,3-5,8-9,11H2,1-2H3. The molecule has 1 aliphatic carbocycles. The molecule has 2 N–H and O–H groups in total. The monoisotopic (exact) mass is 312 g/mol. The lowest BCUT2D eigenvalue weighted by molar-refractivity contribution is 0.297. The third kappa shape index (κ3) is 4.18. The lowest BCUT2D eigenvalue weighted by atomic mass is 9.83. The molecule has 1 fully saturated rings. The topological polar surface area (TPSA) is 67.4 Å². The van der Waals surface area contributed by atoms with Crippen molar-refractivity contribution in [2.75, 3.05) is 20.7 Å². The number of benzene rings is 1. The summed E-state index contributed by atoms with van der Waals surface area (Å²) in [5.74, 6) is 1.07. The van der Waals surface area contributed by atoms with Crippen LogP contribution in [0.2, 0.25) is 0 Å². The summed E-state index contributed by atoms with van der Waals surface area (Å²) in [7, 11) is -0.211. The Labute approximate surface area is 127 Å². The van der Waals surface area contributed by atoms with Crippen molar-refractivity contribution >= 4 is 10.0 Å². The van der Waals surface area contributed by atoms with Gasteiger partial charge < -0.3 is 10.1 Å². The van der Waals surface area contributed by atoms with E-state index in [1.165, 1.54) is 26.4 Å². The normalized spacial score (nSPS) is 15.7. The predicted octanol–water partition coefficient (Wildman–Crippen LogP) is 1.88. The van der Waals surface area contributed by atoms with E-state index in [0.717, 1.165) is 12.0 Å². The van der Waals surface area contributed by atoms with Gasteiger partial charge >= 0.3 is 0 Å². The summed E-state index contributed by atoms with van der Waals surface area (Å²) in [5, 5.41) is 3.02. The van der Waals surface area contributed by atoms with Crippen molar-refractivity contribution in [2.24, 2.45) is 5.92 Å². The number of nitrogens with one attached hydrogen (secondary N) is 2. The van der Waals surface area contributed by atoms with Gasteiger partial charge in [0, 0.05) is 13.1 Å². The van der Waals surface area contributed by atoms with Crippen LogP contribution >= 0.6 is 0 Å². The zero-order valence-corrected chi connectivity index (χ0v) is 13.5. The molecular formula is C15H24N2O3S. The molecule has 0 unspecified atom stereocenters. The van der Waals surface area contributed by atoms with E-state index in [1.54, 1.807) is 12.1 Å². The maximum atomic E-state index is 12.4. The second kappa shape index (κ2) is 7.24.